The maximum atomic E-state index is 8.65. The van der Waals surface area contributed by atoms with Crippen molar-refractivity contribution in [3.05, 3.63) is 23.9 Å². The van der Waals surface area contributed by atoms with Crippen LogP contribution in [0.15, 0.2) is 18.3 Å². The van der Waals surface area contributed by atoms with E-state index in [1.165, 1.54) is 0 Å². The molecule has 1 heterocycles. The van der Waals surface area contributed by atoms with Crippen molar-refractivity contribution in [2.45, 2.75) is 26.3 Å². The lowest BCUT2D eigenvalue weighted by atomic mass is 10.1. The predicted octanol–water partition coefficient (Wildman–Crippen LogP) is 2.16. The molecule has 0 atom stereocenters. The minimum atomic E-state index is -0.0267. The lowest BCUT2D eigenvalue weighted by Gasteiger charge is -2.21. The number of nitrogens with zero attached hydrogens (tertiary/aromatic N) is 2. The zero-order valence-electron chi connectivity index (χ0n) is 8.13. The molecule has 0 aliphatic rings. The Bertz CT molecular complexity index is 331. The van der Waals surface area contributed by atoms with E-state index in [0.29, 0.717) is 5.56 Å². The van der Waals surface area contributed by atoms with Crippen molar-refractivity contribution in [1.29, 1.82) is 5.26 Å². The Morgan fingerprint density at radius 2 is 2.15 bits per heavy atom. The van der Waals surface area contributed by atoms with Gasteiger partial charge in [-0.05, 0) is 32.9 Å². The Kier molecular flexibility index (Phi) is 2.52. The van der Waals surface area contributed by atoms with E-state index in [0.717, 1.165) is 5.82 Å². The summed E-state index contributed by atoms with van der Waals surface area (Å²) in [6.45, 7) is 6.15. The van der Waals surface area contributed by atoms with Gasteiger partial charge < -0.3 is 5.32 Å². The van der Waals surface area contributed by atoms with Gasteiger partial charge in [-0.1, -0.05) is 0 Å². The zero-order chi connectivity index (χ0) is 9.90. The fourth-order valence-corrected chi connectivity index (χ4v) is 0.953. The highest BCUT2D eigenvalue weighted by Gasteiger charge is 2.09. The minimum absolute atomic E-state index is 0.0267. The molecule has 0 aromatic carbocycles. The molecular formula is C10H13N3. The average molecular weight is 175 g/mol. The van der Waals surface area contributed by atoms with Crippen LogP contribution in [0.1, 0.15) is 26.3 Å². The lowest BCUT2D eigenvalue weighted by Crippen LogP contribution is -2.26. The second kappa shape index (κ2) is 3.44. The third-order valence-corrected chi connectivity index (χ3v) is 1.39. The maximum absolute atomic E-state index is 8.65. The summed E-state index contributed by atoms with van der Waals surface area (Å²) in [7, 11) is 0. The van der Waals surface area contributed by atoms with Gasteiger partial charge in [0.15, 0.2) is 0 Å². The first-order valence-corrected chi connectivity index (χ1v) is 4.15. The Morgan fingerprint density at radius 3 is 2.69 bits per heavy atom. The van der Waals surface area contributed by atoms with Crippen LogP contribution < -0.4 is 5.32 Å². The zero-order valence-corrected chi connectivity index (χ0v) is 8.13. The number of hydrogen-bond donors (Lipinski definition) is 1. The molecule has 68 valence electrons. The van der Waals surface area contributed by atoms with Gasteiger partial charge in [-0.2, -0.15) is 5.26 Å². The van der Waals surface area contributed by atoms with Crippen LogP contribution in [0.25, 0.3) is 0 Å². The van der Waals surface area contributed by atoms with Crippen molar-refractivity contribution in [3.63, 3.8) is 0 Å². The van der Waals surface area contributed by atoms with Gasteiger partial charge in [-0.25, -0.2) is 4.98 Å². The van der Waals surface area contributed by atoms with Gasteiger partial charge in [0, 0.05) is 11.7 Å². The van der Waals surface area contributed by atoms with Gasteiger partial charge >= 0.3 is 0 Å². The monoisotopic (exact) mass is 175 g/mol. The molecule has 1 aromatic heterocycles. The van der Waals surface area contributed by atoms with Crippen LogP contribution in [0.3, 0.4) is 0 Å². The van der Waals surface area contributed by atoms with Gasteiger partial charge in [-0.15, -0.1) is 0 Å². The fraction of sp³-hybridized carbons (Fsp3) is 0.400. The summed E-state index contributed by atoms with van der Waals surface area (Å²) in [6, 6.07) is 5.50. The molecule has 0 unspecified atom stereocenters. The van der Waals surface area contributed by atoms with E-state index < -0.39 is 0 Å². The molecule has 0 saturated heterocycles. The highest BCUT2D eigenvalue weighted by molar-refractivity contribution is 5.43. The molecule has 13 heavy (non-hydrogen) atoms. The molecule has 1 N–H and O–H groups in total. The molecule has 0 radical (unpaired) electrons. The van der Waals surface area contributed by atoms with Crippen LogP contribution >= 0.6 is 0 Å². The van der Waals surface area contributed by atoms with Crippen molar-refractivity contribution in [1.82, 2.24) is 4.98 Å². The molecule has 1 aromatic rings. The summed E-state index contributed by atoms with van der Waals surface area (Å²) >= 11 is 0. The predicted molar refractivity (Wildman–Crippen MR) is 52.3 cm³/mol. The largest absolute Gasteiger partial charge is 0.365 e. The third-order valence-electron chi connectivity index (χ3n) is 1.39. The molecule has 0 fully saturated rings. The second-order valence-corrected chi connectivity index (χ2v) is 3.92. The Morgan fingerprint density at radius 1 is 1.46 bits per heavy atom. The molecule has 3 heteroatoms. The van der Waals surface area contributed by atoms with E-state index >= 15 is 0 Å². The van der Waals surface area contributed by atoms with Crippen molar-refractivity contribution in [2.24, 2.45) is 0 Å². The summed E-state index contributed by atoms with van der Waals surface area (Å²) in [6.07, 6.45) is 1.63. The molecule has 3 nitrogen and oxygen atoms in total. The van der Waals surface area contributed by atoms with Crippen LogP contribution in [0.4, 0.5) is 5.82 Å². The van der Waals surface area contributed by atoms with Crippen LogP contribution in [-0.4, -0.2) is 10.5 Å². The Labute approximate surface area is 78.4 Å². The molecule has 0 saturated carbocycles. The third kappa shape index (κ3) is 3.12. The summed E-state index contributed by atoms with van der Waals surface area (Å²) in [4.78, 5) is 4.11. The summed E-state index contributed by atoms with van der Waals surface area (Å²) in [5.74, 6) is 0.742. The first-order chi connectivity index (χ1) is 6.01. The van der Waals surface area contributed by atoms with Gasteiger partial charge in [-0.3, -0.25) is 0 Å². The number of hydrogen-bond acceptors (Lipinski definition) is 3. The van der Waals surface area contributed by atoms with Crippen molar-refractivity contribution < 1.29 is 0 Å². The number of nitriles is 1. The van der Waals surface area contributed by atoms with Crippen LogP contribution in [0.2, 0.25) is 0 Å². The van der Waals surface area contributed by atoms with E-state index in [4.69, 9.17) is 5.26 Å². The van der Waals surface area contributed by atoms with Crippen LogP contribution in [0, 0.1) is 11.3 Å². The van der Waals surface area contributed by atoms with E-state index in [2.05, 4.69) is 16.4 Å². The highest BCUT2D eigenvalue weighted by atomic mass is 15.0. The standard InChI is InChI=1S/C10H13N3/c1-10(2,3)13-9-6-8(7-11)4-5-12-9/h4-6H,1-3H3,(H,12,13). The van der Waals surface area contributed by atoms with E-state index in [-0.39, 0.29) is 5.54 Å². The number of aromatic nitrogens is 1. The molecule has 0 amide bonds. The molecule has 0 bridgehead atoms. The minimum Gasteiger partial charge on any atom is -0.365 e. The van der Waals surface area contributed by atoms with Gasteiger partial charge in [0.25, 0.3) is 0 Å². The molecule has 0 spiro atoms. The number of anilines is 1. The van der Waals surface area contributed by atoms with Gasteiger partial charge in [0.2, 0.25) is 0 Å². The van der Waals surface area contributed by atoms with E-state index in [9.17, 15) is 0 Å². The van der Waals surface area contributed by atoms with E-state index in [1.807, 2.05) is 20.8 Å². The normalized spacial score (nSPS) is 10.6. The summed E-state index contributed by atoms with van der Waals surface area (Å²) < 4.78 is 0. The van der Waals surface area contributed by atoms with Crippen molar-refractivity contribution >= 4 is 5.82 Å². The molecule has 0 aliphatic heterocycles. The number of rotatable bonds is 1. The Hall–Kier alpha value is -1.56. The van der Waals surface area contributed by atoms with Crippen molar-refractivity contribution in [3.8, 4) is 6.07 Å². The van der Waals surface area contributed by atoms with E-state index in [1.54, 1.807) is 18.3 Å². The quantitative estimate of drug-likeness (QED) is 0.711. The molecule has 1 rings (SSSR count). The van der Waals surface area contributed by atoms with Gasteiger partial charge in [0.1, 0.15) is 5.82 Å². The first kappa shape index (κ1) is 9.53. The SMILES string of the molecule is CC(C)(C)Nc1cc(C#N)ccn1. The van der Waals surface area contributed by atoms with Gasteiger partial charge in [0.05, 0.1) is 11.6 Å². The number of nitrogens with one attached hydrogen (secondary N) is 1. The molecular weight excluding hydrogens is 162 g/mol. The highest BCUT2D eigenvalue weighted by Crippen LogP contribution is 2.12. The molecule has 0 aliphatic carbocycles. The fourth-order valence-electron chi connectivity index (χ4n) is 0.953. The van der Waals surface area contributed by atoms with Crippen LogP contribution in [0.5, 0.6) is 0 Å². The lowest BCUT2D eigenvalue weighted by molar-refractivity contribution is 0.630. The smallest absolute Gasteiger partial charge is 0.127 e. The second-order valence-electron chi connectivity index (χ2n) is 3.92. The Balaban J connectivity index is 2.86. The average Bonchev–Trinajstić information content (AvgIpc) is 2.01. The van der Waals surface area contributed by atoms with Crippen molar-refractivity contribution in [2.75, 3.05) is 5.32 Å². The maximum Gasteiger partial charge on any atom is 0.127 e. The summed E-state index contributed by atoms with van der Waals surface area (Å²) in [5.41, 5.74) is 0.600. The number of pyridine rings is 1. The topological polar surface area (TPSA) is 48.7 Å². The summed E-state index contributed by atoms with van der Waals surface area (Å²) in [5, 5.41) is 11.8. The first-order valence-electron chi connectivity index (χ1n) is 4.15. The van der Waals surface area contributed by atoms with Crippen LogP contribution in [-0.2, 0) is 0 Å².